The Bertz CT molecular complexity index is 498. The van der Waals surface area contributed by atoms with Crippen LogP contribution in [0.15, 0.2) is 39.7 Å². The number of rotatable bonds is 4. The summed E-state index contributed by atoms with van der Waals surface area (Å²) in [5.74, 6) is 1.10. The van der Waals surface area contributed by atoms with E-state index in [0.717, 1.165) is 0 Å². The molecule has 0 spiro atoms. The van der Waals surface area contributed by atoms with Crippen molar-refractivity contribution in [2.75, 3.05) is 6.61 Å². The normalized spacial score (nSPS) is 12.4. The molecule has 0 saturated carbocycles. The van der Waals surface area contributed by atoms with Gasteiger partial charge in [-0.15, -0.1) is 0 Å². The van der Waals surface area contributed by atoms with Crippen LogP contribution < -0.4 is 4.74 Å². The smallest absolute Gasteiger partial charge is 0.169 e. The number of ether oxygens (including phenoxy) is 1. The molecule has 0 aromatic carbocycles. The number of nitrogens with zero attached hydrogens (tertiary/aromatic N) is 1. The summed E-state index contributed by atoms with van der Waals surface area (Å²) >= 11 is 3.19. The molecule has 2 heterocycles. The van der Waals surface area contributed by atoms with Gasteiger partial charge in [-0.05, 0) is 41.1 Å². The molecule has 0 bridgehead atoms. The van der Waals surface area contributed by atoms with Crippen LogP contribution >= 0.6 is 15.9 Å². The monoisotopic (exact) mass is 297 g/mol. The molecule has 0 radical (unpaired) electrons. The molecule has 1 N–H and O–H groups in total. The summed E-state index contributed by atoms with van der Waals surface area (Å²) in [4.78, 5) is 4.02. The Morgan fingerprint density at radius 3 is 2.94 bits per heavy atom. The van der Waals surface area contributed by atoms with Crippen molar-refractivity contribution in [1.29, 1.82) is 0 Å². The SMILES string of the molecule is CCOc1cncc(C(O)c2ccc(Br)o2)c1. The Balaban J connectivity index is 2.24. The van der Waals surface area contributed by atoms with Crippen molar-refractivity contribution in [1.82, 2.24) is 4.98 Å². The van der Waals surface area contributed by atoms with Gasteiger partial charge in [0.15, 0.2) is 4.67 Å². The van der Waals surface area contributed by atoms with Gasteiger partial charge in [0.05, 0.1) is 12.8 Å². The zero-order valence-electron chi connectivity index (χ0n) is 9.26. The van der Waals surface area contributed by atoms with E-state index < -0.39 is 6.10 Å². The quantitative estimate of drug-likeness (QED) is 0.943. The fraction of sp³-hybridized carbons (Fsp3) is 0.250. The van der Waals surface area contributed by atoms with Gasteiger partial charge in [0.25, 0.3) is 0 Å². The van der Waals surface area contributed by atoms with Gasteiger partial charge in [-0.3, -0.25) is 4.98 Å². The number of aliphatic hydroxyl groups excluding tert-OH is 1. The maximum absolute atomic E-state index is 10.1. The van der Waals surface area contributed by atoms with Crippen LogP contribution in [0.3, 0.4) is 0 Å². The number of aromatic nitrogens is 1. The lowest BCUT2D eigenvalue weighted by atomic mass is 10.1. The Morgan fingerprint density at radius 2 is 2.29 bits per heavy atom. The molecule has 17 heavy (non-hydrogen) atoms. The highest BCUT2D eigenvalue weighted by atomic mass is 79.9. The second-order valence-electron chi connectivity index (χ2n) is 3.43. The molecular formula is C12H12BrNO3. The minimum atomic E-state index is -0.839. The van der Waals surface area contributed by atoms with Gasteiger partial charge in [-0.1, -0.05) is 0 Å². The molecule has 0 saturated heterocycles. The number of aliphatic hydroxyl groups is 1. The van der Waals surface area contributed by atoms with Crippen LogP contribution in [0.2, 0.25) is 0 Å². The molecule has 4 nitrogen and oxygen atoms in total. The van der Waals surface area contributed by atoms with Gasteiger partial charge in [0.2, 0.25) is 0 Å². The van der Waals surface area contributed by atoms with Crippen LogP contribution in [0, 0.1) is 0 Å². The Morgan fingerprint density at radius 1 is 1.47 bits per heavy atom. The van der Waals surface area contributed by atoms with Crippen LogP contribution in [0.1, 0.15) is 24.4 Å². The highest BCUT2D eigenvalue weighted by molar-refractivity contribution is 9.10. The standard InChI is InChI=1S/C12H12BrNO3/c1-2-16-9-5-8(6-14-7-9)12(15)10-3-4-11(13)17-10/h3-7,12,15H,2H2,1H3. The van der Waals surface area contributed by atoms with Crippen molar-refractivity contribution in [2.45, 2.75) is 13.0 Å². The van der Waals surface area contributed by atoms with Crippen molar-refractivity contribution in [3.63, 3.8) is 0 Å². The van der Waals surface area contributed by atoms with E-state index >= 15 is 0 Å². The summed E-state index contributed by atoms with van der Waals surface area (Å²) in [5.41, 5.74) is 0.637. The van der Waals surface area contributed by atoms with E-state index in [4.69, 9.17) is 9.15 Å². The molecular weight excluding hydrogens is 286 g/mol. The fourth-order valence-electron chi connectivity index (χ4n) is 1.47. The first kappa shape index (κ1) is 12.1. The van der Waals surface area contributed by atoms with Crippen LogP contribution in [-0.4, -0.2) is 16.7 Å². The molecule has 1 atom stereocenters. The summed E-state index contributed by atoms with van der Waals surface area (Å²) in [6, 6.07) is 5.19. The maximum atomic E-state index is 10.1. The third kappa shape index (κ3) is 2.87. The highest BCUT2D eigenvalue weighted by Gasteiger charge is 2.15. The molecule has 90 valence electrons. The van der Waals surface area contributed by atoms with Crippen LogP contribution in [0.4, 0.5) is 0 Å². The van der Waals surface area contributed by atoms with Gasteiger partial charge in [0, 0.05) is 11.8 Å². The first-order chi connectivity index (χ1) is 8.20. The van der Waals surface area contributed by atoms with E-state index in [9.17, 15) is 5.11 Å². The largest absolute Gasteiger partial charge is 0.492 e. The van der Waals surface area contributed by atoms with E-state index in [1.54, 1.807) is 30.6 Å². The first-order valence-electron chi connectivity index (χ1n) is 5.21. The predicted molar refractivity (Wildman–Crippen MR) is 65.9 cm³/mol. The number of hydrogen-bond donors (Lipinski definition) is 1. The Hall–Kier alpha value is -1.33. The molecule has 1 unspecified atom stereocenters. The number of furan rings is 1. The lowest BCUT2D eigenvalue weighted by Crippen LogP contribution is -2.00. The number of hydrogen-bond acceptors (Lipinski definition) is 4. The van der Waals surface area contributed by atoms with E-state index in [1.165, 1.54) is 0 Å². The molecule has 5 heteroatoms. The third-order valence-electron chi connectivity index (χ3n) is 2.22. The van der Waals surface area contributed by atoms with Crippen molar-refractivity contribution < 1.29 is 14.3 Å². The number of halogens is 1. The van der Waals surface area contributed by atoms with Crippen molar-refractivity contribution in [2.24, 2.45) is 0 Å². The summed E-state index contributed by atoms with van der Waals surface area (Å²) in [6.45, 7) is 2.46. The molecule has 0 aliphatic rings. The van der Waals surface area contributed by atoms with Crippen molar-refractivity contribution in [3.8, 4) is 5.75 Å². The van der Waals surface area contributed by atoms with Crippen LogP contribution in [0.5, 0.6) is 5.75 Å². The van der Waals surface area contributed by atoms with E-state index in [-0.39, 0.29) is 0 Å². The molecule has 0 amide bonds. The summed E-state index contributed by atoms with van der Waals surface area (Å²) in [6.07, 6.45) is 2.36. The van der Waals surface area contributed by atoms with E-state index in [2.05, 4.69) is 20.9 Å². The third-order valence-corrected chi connectivity index (χ3v) is 2.65. The zero-order chi connectivity index (χ0) is 12.3. The molecule has 2 rings (SSSR count). The zero-order valence-corrected chi connectivity index (χ0v) is 10.8. The number of pyridine rings is 1. The van der Waals surface area contributed by atoms with Gasteiger partial charge < -0.3 is 14.3 Å². The Labute approximate surface area is 107 Å². The molecule has 2 aromatic rings. The van der Waals surface area contributed by atoms with Crippen molar-refractivity contribution >= 4 is 15.9 Å². The summed E-state index contributed by atoms with van der Waals surface area (Å²) in [5, 5.41) is 10.1. The average molecular weight is 298 g/mol. The van der Waals surface area contributed by atoms with Gasteiger partial charge in [0.1, 0.15) is 17.6 Å². The minimum absolute atomic E-state index is 0.465. The average Bonchev–Trinajstić information content (AvgIpc) is 2.76. The fourth-order valence-corrected chi connectivity index (χ4v) is 1.79. The van der Waals surface area contributed by atoms with Crippen LogP contribution in [-0.2, 0) is 0 Å². The van der Waals surface area contributed by atoms with Crippen molar-refractivity contribution in [3.05, 3.63) is 46.6 Å². The van der Waals surface area contributed by atoms with E-state index in [0.29, 0.717) is 28.3 Å². The second-order valence-corrected chi connectivity index (χ2v) is 4.21. The molecule has 0 aliphatic carbocycles. The lowest BCUT2D eigenvalue weighted by molar-refractivity contribution is 0.186. The predicted octanol–water partition coefficient (Wildman–Crippen LogP) is 2.92. The summed E-state index contributed by atoms with van der Waals surface area (Å²) in [7, 11) is 0. The van der Waals surface area contributed by atoms with Gasteiger partial charge in [-0.25, -0.2) is 0 Å². The second kappa shape index (κ2) is 5.33. The first-order valence-corrected chi connectivity index (χ1v) is 6.01. The minimum Gasteiger partial charge on any atom is -0.492 e. The lowest BCUT2D eigenvalue weighted by Gasteiger charge is -2.09. The highest BCUT2D eigenvalue weighted by Crippen LogP contribution is 2.27. The maximum Gasteiger partial charge on any atom is 0.169 e. The van der Waals surface area contributed by atoms with Gasteiger partial charge >= 0.3 is 0 Å². The van der Waals surface area contributed by atoms with E-state index in [1.807, 2.05) is 6.92 Å². The molecule has 2 aromatic heterocycles. The Kier molecular flexibility index (Phi) is 3.81. The van der Waals surface area contributed by atoms with Gasteiger partial charge in [-0.2, -0.15) is 0 Å². The summed E-state index contributed by atoms with van der Waals surface area (Å²) < 4.78 is 11.2. The molecule has 0 aliphatic heterocycles. The van der Waals surface area contributed by atoms with Crippen LogP contribution in [0.25, 0.3) is 0 Å². The topological polar surface area (TPSA) is 55.5 Å². The molecule has 0 fully saturated rings.